The minimum atomic E-state index is -0.345. The zero-order valence-corrected chi connectivity index (χ0v) is 13.1. The quantitative estimate of drug-likeness (QED) is 0.733. The summed E-state index contributed by atoms with van der Waals surface area (Å²) in [6.45, 7) is 4.12. The van der Waals surface area contributed by atoms with E-state index in [1.165, 1.54) is 6.07 Å². The topological polar surface area (TPSA) is 49.3 Å². The van der Waals surface area contributed by atoms with Crippen LogP contribution in [0.2, 0.25) is 0 Å². The Morgan fingerprint density at radius 2 is 1.38 bits per heavy atom. The molecule has 0 atom stereocenters. The van der Waals surface area contributed by atoms with E-state index in [2.05, 4.69) is 11.9 Å². The van der Waals surface area contributed by atoms with Crippen molar-refractivity contribution < 1.29 is 9.90 Å². The summed E-state index contributed by atoms with van der Waals surface area (Å²) < 4.78 is 0. The molecule has 0 bridgehead atoms. The van der Waals surface area contributed by atoms with Crippen LogP contribution in [0.25, 0.3) is 5.57 Å². The Morgan fingerprint density at radius 3 is 2.04 bits per heavy atom. The van der Waals surface area contributed by atoms with Gasteiger partial charge in [0.1, 0.15) is 5.75 Å². The van der Waals surface area contributed by atoms with Gasteiger partial charge in [0.25, 0.3) is 5.91 Å². The van der Waals surface area contributed by atoms with Crippen LogP contribution in [0.5, 0.6) is 5.75 Å². The first-order chi connectivity index (χ1) is 11.6. The van der Waals surface area contributed by atoms with Crippen molar-refractivity contribution in [3.63, 3.8) is 0 Å². The number of aromatic hydroxyl groups is 1. The molecule has 3 aromatic rings. The van der Waals surface area contributed by atoms with Gasteiger partial charge in [-0.2, -0.15) is 0 Å². The number of phenols is 1. The molecule has 0 aliphatic rings. The van der Waals surface area contributed by atoms with Gasteiger partial charge in [0.05, 0.1) is 5.56 Å². The fourth-order valence-corrected chi connectivity index (χ4v) is 2.42. The molecular weight excluding hydrogens is 298 g/mol. The molecule has 2 N–H and O–H groups in total. The average Bonchev–Trinajstić information content (AvgIpc) is 2.63. The highest BCUT2D eigenvalue weighted by Gasteiger charge is 2.10. The number of carbonyl (C=O) groups excluding carboxylic acids is 1. The smallest absolute Gasteiger partial charge is 0.259 e. The number of carbonyl (C=O) groups is 1. The van der Waals surface area contributed by atoms with Crippen LogP contribution in [0.3, 0.4) is 0 Å². The maximum atomic E-state index is 12.2. The van der Waals surface area contributed by atoms with E-state index in [0.717, 1.165) is 16.7 Å². The number of amides is 1. The molecule has 0 saturated heterocycles. The maximum Gasteiger partial charge on any atom is 0.259 e. The number of phenolic OH excluding ortho intramolecular Hbond substituents is 1. The number of hydrogen-bond acceptors (Lipinski definition) is 2. The van der Waals surface area contributed by atoms with Crippen molar-refractivity contribution in [2.75, 3.05) is 5.32 Å². The Bertz CT molecular complexity index is 868. The van der Waals surface area contributed by atoms with E-state index in [0.29, 0.717) is 5.69 Å². The molecule has 0 radical (unpaired) electrons. The van der Waals surface area contributed by atoms with E-state index in [1.807, 2.05) is 54.6 Å². The molecule has 118 valence electrons. The van der Waals surface area contributed by atoms with Crippen molar-refractivity contribution in [1.29, 1.82) is 0 Å². The van der Waals surface area contributed by atoms with Gasteiger partial charge < -0.3 is 10.4 Å². The van der Waals surface area contributed by atoms with E-state index in [9.17, 15) is 9.90 Å². The van der Waals surface area contributed by atoms with Crippen LogP contribution in [0, 0.1) is 0 Å². The number of para-hydroxylation sites is 1. The van der Waals surface area contributed by atoms with Crippen molar-refractivity contribution >= 4 is 17.2 Å². The summed E-state index contributed by atoms with van der Waals surface area (Å²) in [6.07, 6.45) is 0. The molecule has 0 fully saturated rings. The minimum absolute atomic E-state index is 0.0379. The third-order valence-corrected chi connectivity index (χ3v) is 3.76. The lowest BCUT2D eigenvalue weighted by Crippen LogP contribution is -2.11. The van der Waals surface area contributed by atoms with Crippen molar-refractivity contribution in [1.82, 2.24) is 0 Å². The van der Waals surface area contributed by atoms with Gasteiger partial charge in [0.15, 0.2) is 0 Å². The zero-order chi connectivity index (χ0) is 16.9. The fourth-order valence-electron chi connectivity index (χ4n) is 2.42. The largest absolute Gasteiger partial charge is 0.507 e. The minimum Gasteiger partial charge on any atom is -0.507 e. The third kappa shape index (κ3) is 3.36. The van der Waals surface area contributed by atoms with Crippen LogP contribution in [0.1, 0.15) is 21.5 Å². The normalized spacial score (nSPS) is 10.2. The lowest BCUT2D eigenvalue weighted by Gasteiger charge is -2.09. The van der Waals surface area contributed by atoms with Gasteiger partial charge in [-0.3, -0.25) is 4.79 Å². The van der Waals surface area contributed by atoms with E-state index in [-0.39, 0.29) is 17.2 Å². The summed E-state index contributed by atoms with van der Waals surface area (Å²) in [5.41, 5.74) is 3.88. The SMILES string of the molecule is C=C(c1ccccc1)c1ccc(NC(=O)c2ccccc2O)cc1. The summed E-state index contributed by atoms with van der Waals surface area (Å²) in [7, 11) is 0. The second kappa shape index (κ2) is 6.84. The molecule has 0 heterocycles. The maximum absolute atomic E-state index is 12.2. The molecule has 3 nitrogen and oxygen atoms in total. The molecule has 3 heteroatoms. The Hall–Kier alpha value is -3.33. The predicted octanol–water partition coefficient (Wildman–Crippen LogP) is 4.71. The predicted molar refractivity (Wildman–Crippen MR) is 97.1 cm³/mol. The Balaban J connectivity index is 1.74. The van der Waals surface area contributed by atoms with Gasteiger partial charge in [-0.1, -0.05) is 61.2 Å². The van der Waals surface area contributed by atoms with Gasteiger partial charge in [0.2, 0.25) is 0 Å². The lowest BCUT2D eigenvalue weighted by molar-refractivity contribution is 0.102. The first-order valence-electron chi connectivity index (χ1n) is 7.59. The van der Waals surface area contributed by atoms with E-state index < -0.39 is 0 Å². The Morgan fingerprint density at radius 1 is 0.792 bits per heavy atom. The summed E-state index contributed by atoms with van der Waals surface area (Å²) in [5, 5.41) is 12.5. The Kier molecular flexibility index (Phi) is 4.43. The first kappa shape index (κ1) is 15.6. The number of hydrogen-bond donors (Lipinski definition) is 2. The van der Waals surface area contributed by atoms with Gasteiger partial charge in [-0.05, 0) is 41.0 Å². The van der Waals surface area contributed by atoms with Crippen LogP contribution in [0.4, 0.5) is 5.69 Å². The number of rotatable bonds is 4. The molecule has 1 amide bonds. The van der Waals surface area contributed by atoms with Crippen LogP contribution in [0.15, 0.2) is 85.4 Å². The van der Waals surface area contributed by atoms with Gasteiger partial charge in [-0.25, -0.2) is 0 Å². The molecular formula is C21H17NO2. The van der Waals surface area contributed by atoms with Crippen molar-refractivity contribution in [2.45, 2.75) is 0 Å². The summed E-state index contributed by atoms with van der Waals surface area (Å²) in [5.74, 6) is -0.383. The zero-order valence-electron chi connectivity index (χ0n) is 13.1. The molecule has 0 spiro atoms. The average molecular weight is 315 g/mol. The second-order valence-electron chi connectivity index (χ2n) is 5.39. The number of benzene rings is 3. The van der Waals surface area contributed by atoms with Crippen LogP contribution in [-0.2, 0) is 0 Å². The van der Waals surface area contributed by atoms with Crippen molar-refractivity contribution in [3.05, 3.63) is 102 Å². The van der Waals surface area contributed by atoms with Crippen molar-refractivity contribution in [2.24, 2.45) is 0 Å². The fraction of sp³-hybridized carbons (Fsp3) is 0. The molecule has 3 aromatic carbocycles. The highest BCUT2D eigenvalue weighted by Crippen LogP contribution is 2.23. The molecule has 0 saturated carbocycles. The van der Waals surface area contributed by atoms with Crippen molar-refractivity contribution in [3.8, 4) is 5.75 Å². The molecule has 0 unspecified atom stereocenters. The molecule has 0 aliphatic heterocycles. The lowest BCUT2D eigenvalue weighted by atomic mass is 9.99. The van der Waals surface area contributed by atoms with Crippen LogP contribution < -0.4 is 5.32 Å². The summed E-state index contributed by atoms with van der Waals surface area (Å²) >= 11 is 0. The van der Waals surface area contributed by atoms with Crippen LogP contribution in [-0.4, -0.2) is 11.0 Å². The van der Waals surface area contributed by atoms with Gasteiger partial charge >= 0.3 is 0 Å². The third-order valence-electron chi connectivity index (χ3n) is 3.76. The summed E-state index contributed by atoms with van der Waals surface area (Å²) in [4.78, 5) is 12.2. The molecule has 0 aliphatic carbocycles. The molecule has 3 rings (SSSR count). The standard InChI is InChI=1S/C21H17NO2/c1-15(16-7-3-2-4-8-16)17-11-13-18(14-12-17)22-21(24)19-9-5-6-10-20(19)23/h2-14,23H,1H2,(H,22,24). The molecule has 24 heavy (non-hydrogen) atoms. The highest BCUT2D eigenvalue weighted by molar-refractivity contribution is 6.06. The van der Waals surface area contributed by atoms with Crippen LogP contribution >= 0.6 is 0 Å². The van der Waals surface area contributed by atoms with E-state index in [4.69, 9.17) is 0 Å². The summed E-state index contributed by atoms with van der Waals surface area (Å²) in [6, 6.07) is 23.9. The van der Waals surface area contributed by atoms with E-state index >= 15 is 0 Å². The highest BCUT2D eigenvalue weighted by atomic mass is 16.3. The van der Waals surface area contributed by atoms with Gasteiger partial charge in [0, 0.05) is 5.69 Å². The van der Waals surface area contributed by atoms with E-state index in [1.54, 1.807) is 18.2 Å². The number of nitrogens with one attached hydrogen (secondary N) is 1. The number of anilines is 1. The first-order valence-corrected chi connectivity index (χ1v) is 7.59. The monoisotopic (exact) mass is 315 g/mol. The Labute approximate surface area is 140 Å². The molecule has 0 aromatic heterocycles. The second-order valence-corrected chi connectivity index (χ2v) is 5.39. The van der Waals surface area contributed by atoms with Gasteiger partial charge in [-0.15, -0.1) is 0 Å².